The molecule has 0 aliphatic heterocycles. The summed E-state index contributed by atoms with van der Waals surface area (Å²) in [5, 5.41) is 0. The molecule has 2 unspecified atom stereocenters. The van der Waals surface area contributed by atoms with Crippen LogP contribution in [0, 0.1) is 17.6 Å². The van der Waals surface area contributed by atoms with E-state index in [0.29, 0.717) is 11.8 Å². The van der Waals surface area contributed by atoms with Crippen LogP contribution in [0.3, 0.4) is 0 Å². The van der Waals surface area contributed by atoms with Crippen molar-refractivity contribution in [1.29, 1.82) is 0 Å². The Hall–Kier alpha value is -1.96. The number of benzene rings is 2. The van der Waals surface area contributed by atoms with Crippen LogP contribution in [0.15, 0.2) is 42.5 Å². The Balaban J connectivity index is 1.56. The van der Waals surface area contributed by atoms with E-state index >= 15 is 0 Å². The zero-order chi connectivity index (χ0) is 18.1. The first-order chi connectivity index (χ1) is 12.7. The van der Waals surface area contributed by atoms with E-state index in [9.17, 15) is 8.78 Å². The standard InChI is InChI=1S/C24H26F2/c1-2-3-4-16-5-10-21-19(13-16)6-7-20-14-17(8-11-22(20)21)18-9-12-23(25)24(26)15-18/h3-4,6-7,9,12,15-17H,2,5,8,10-11,13-14H2,1H3/b4-3+. The molecule has 2 aromatic rings. The van der Waals surface area contributed by atoms with Gasteiger partial charge >= 0.3 is 0 Å². The van der Waals surface area contributed by atoms with Crippen molar-refractivity contribution in [1.82, 2.24) is 0 Å². The van der Waals surface area contributed by atoms with Crippen molar-refractivity contribution in [3.63, 3.8) is 0 Å². The molecule has 0 aromatic heterocycles. The highest BCUT2D eigenvalue weighted by molar-refractivity contribution is 5.45. The van der Waals surface area contributed by atoms with Crippen molar-refractivity contribution in [2.24, 2.45) is 5.92 Å². The second kappa shape index (κ2) is 7.34. The summed E-state index contributed by atoms with van der Waals surface area (Å²) in [6.45, 7) is 2.19. The van der Waals surface area contributed by atoms with Gasteiger partial charge in [0.25, 0.3) is 0 Å². The Morgan fingerprint density at radius 1 is 0.923 bits per heavy atom. The van der Waals surface area contributed by atoms with E-state index in [-0.39, 0.29) is 0 Å². The maximum absolute atomic E-state index is 13.6. The summed E-state index contributed by atoms with van der Waals surface area (Å²) in [4.78, 5) is 0. The zero-order valence-corrected chi connectivity index (χ0v) is 15.4. The molecule has 2 heteroatoms. The van der Waals surface area contributed by atoms with Gasteiger partial charge in [0.05, 0.1) is 0 Å². The van der Waals surface area contributed by atoms with Crippen molar-refractivity contribution in [3.8, 4) is 0 Å². The van der Waals surface area contributed by atoms with Crippen molar-refractivity contribution in [2.75, 3.05) is 0 Å². The average molecular weight is 352 g/mol. The molecule has 0 bridgehead atoms. The molecule has 2 aliphatic rings. The number of hydrogen-bond donors (Lipinski definition) is 0. The molecule has 4 rings (SSSR count). The van der Waals surface area contributed by atoms with Crippen molar-refractivity contribution < 1.29 is 8.78 Å². The Kier molecular flexibility index (Phi) is 4.93. The third-order valence-corrected chi connectivity index (χ3v) is 6.14. The van der Waals surface area contributed by atoms with Gasteiger partial charge in [-0.05, 0) is 96.7 Å². The van der Waals surface area contributed by atoms with E-state index < -0.39 is 11.6 Å². The maximum Gasteiger partial charge on any atom is 0.159 e. The second-order valence-electron chi connectivity index (χ2n) is 7.79. The van der Waals surface area contributed by atoms with Gasteiger partial charge in [-0.2, -0.15) is 0 Å². The normalized spacial score (nSPS) is 22.3. The van der Waals surface area contributed by atoms with Gasteiger partial charge in [0, 0.05) is 0 Å². The number of allylic oxidation sites excluding steroid dienone is 2. The lowest BCUT2D eigenvalue weighted by molar-refractivity contribution is 0.500. The molecule has 136 valence electrons. The summed E-state index contributed by atoms with van der Waals surface area (Å²) in [5.74, 6) is -0.519. The van der Waals surface area contributed by atoms with Gasteiger partial charge < -0.3 is 0 Å². The van der Waals surface area contributed by atoms with E-state index in [2.05, 4.69) is 31.2 Å². The zero-order valence-electron chi connectivity index (χ0n) is 15.4. The van der Waals surface area contributed by atoms with Crippen LogP contribution in [0.25, 0.3) is 0 Å². The number of hydrogen-bond acceptors (Lipinski definition) is 0. The molecule has 2 aromatic carbocycles. The summed E-state index contributed by atoms with van der Waals surface area (Å²) < 4.78 is 26.8. The first kappa shape index (κ1) is 17.5. The van der Waals surface area contributed by atoms with Crippen LogP contribution in [0.4, 0.5) is 8.78 Å². The molecule has 26 heavy (non-hydrogen) atoms. The predicted octanol–water partition coefficient (Wildman–Crippen LogP) is 6.31. The van der Waals surface area contributed by atoms with Gasteiger partial charge in [0.1, 0.15) is 0 Å². The minimum absolute atomic E-state index is 0.291. The minimum atomic E-state index is -0.759. The van der Waals surface area contributed by atoms with Gasteiger partial charge in [0.2, 0.25) is 0 Å². The SMILES string of the molecule is CC/C=C/C1CCc2c(ccc3c2CCC(c2ccc(F)c(F)c2)C3)C1. The molecule has 0 spiro atoms. The van der Waals surface area contributed by atoms with E-state index in [0.717, 1.165) is 37.7 Å². The van der Waals surface area contributed by atoms with Crippen LogP contribution in [-0.4, -0.2) is 0 Å². The van der Waals surface area contributed by atoms with Gasteiger partial charge in [-0.3, -0.25) is 0 Å². The fraction of sp³-hybridized carbons (Fsp3) is 0.417. The van der Waals surface area contributed by atoms with E-state index in [4.69, 9.17) is 0 Å². The van der Waals surface area contributed by atoms with E-state index in [1.807, 2.05) is 0 Å². The van der Waals surface area contributed by atoms with Crippen LogP contribution in [0.2, 0.25) is 0 Å². The second-order valence-corrected chi connectivity index (χ2v) is 7.79. The van der Waals surface area contributed by atoms with Gasteiger partial charge in [-0.25, -0.2) is 8.78 Å². The summed E-state index contributed by atoms with van der Waals surface area (Å²) in [5.41, 5.74) is 6.97. The van der Waals surface area contributed by atoms with Gasteiger partial charge in [-0.1, -0.05) is 37.3 Å². The predicted molar refractivity (Wildman–Crippen MR) is 103 cm³/mol. The minimum Gasteiger partial charge on any atom is -0.204 e. The molecule has 0 fully saturated rings. The molecular weight excluding hydrogens is 326 g/mol. The highest BCUT2D eigenvalue weighted by Gasteiger charge is 2.26. The molecule has 0 saturated heterocycles. The molecule has 2 atom stereocenters. The fourth-order valence-corrected chi connectivity index (χ4v) is 4.74. The van der Waals surface area contributed by atoms with E-state index in [1.54, 1.807) is 17.2 Å². The van der Waals surface area contributed by atoms with E-state index in [1.165, 1.54) is 36.1 Å². The van der Waals surface area contributed by atoms with Crippen LogP contribution >= 0.6 is 0 Å². The lowest BCUT2D eigenvalue weighted by Gasteiger charge is -2.31. The Morgan fingerprint density at radius 2 is 1.65 bits per heavy atom. The summed E-state index contributed by atoms with van der Waals surface area (Å²) in [6, 6.07) is 8.99. The third-order valence-electron chi connectivity index (χ3n) is 6.14. The largest absolute Gasteiger partial charge is 0.204 e. The number of rotatable bonds is 3. The van der Waals surface area contributed by atoms with Crippen LogP contribution in [0.5, 0.6) is 0 Å². The quantitative estimate of drug-likeness (QED) is 0.568. The highest BCUT2D eigenvalue weighted by atomic mass is 19.2. The number of halogens is 2. The van der Waals surface area contributed by atoms with Crippen LogP contribution < -0.4 is 0 Å². The van der Waals surface area contributed by atoms with Crippen LogP contribution in [-0.2, 0) is 25.7 Å². The molecule has 0 amide bonds. The van der Waals surface area contributed by atoms with Crippen molar-refractivity contribution in [3.05, 3.63) is 81.9 Å². The van der Waals surface area contributed by atoms with Crippen molar-refractivity contribution in [2.45, 2.75) is 57.8 Å². The fourth-order valence-electron chi connectivity index (χ4n) is 4.74. The number of fused-ring (bicyclic) bond motifs is 3. The average Bonchev–Trinajstić information content (AvgIpc) is 2.67. The molecule has 0 saturated carbocycles. The Labute approximate surface area is 154 Å². The molecule has 0 heterocycles. The molecule has 0 nitrogen and oxygen atoms in total. The molecule has 0 radical (unpaired) electrons. The first-order valence-corrected chi connectivity index (χ1v) is 9.89. The summed E-state index contributed by atoms with van der Waals surface area (Å²) in [7, 11) is 0. The summed E-state index contributed by atoms with van der Waals surface area (Å²) >= 11 is 0. The molecular formula is C24H26F2. The van der Waals surface area contributed by atoms with Gasteiger partial charge in [-0.15, -0.1) is 0 Å². The Morgan fingerprint density at radius 3 is 2.38 bits per heavy atom. The maximum atomic E-state index is 13.6. The monoisotopic (exact) mass is 352 g/mol. The molecule has 0 N–H and O–H groups in total. The summed E-state index contributed by atoms with van der Waals surface area (Å²) in [6.07, 6.45) is 12.4. The lowest BCUT2D eigenvalue weighted by atomic mass is 9.74. The highest BCUT2D eigenvalue weighted by Crippen LogP contribution is 2.38. The smallest absolute Gasteiger partial charge is 0.159 e. The topological polar surface area (TPSA) is 0 Å². The molecule has 2 aliphatic carbocycles. The van der Waals surface area contributed by atoms with Crippen molar-refractivity contribution >= 4 is 0 Å². The lowest BCUT2D eigenvalue weighted by Crippen LogP contribution is -2.20. The third kappa shape index (κ3) is 3.34. The first-order valence-electron chi connectivity index (χ1n) is 9.89. The van der Waals surface area contributed by atoms with Gasteiger partial charge in [0.15, 0.2) is 11.6 Å². The van der Waals surface area contributed by atoms with Crippen LogP contribution in [0.1, 0.15) is 59.9 Å². The Bertz CT molecular complexity index is 834.